The first-order chi connectivity index (χ1) is 10.2. The van der Waals surface area contributed by atoms with E-state index in [-0.39, 0.29) is 0 Å². The first-order valence-corrected chi connectivity index (χ1v) is 7.64. The van der Waals surface area contributed by atoms with Crippen molar-refractivity contribution < 1.29 is 4.74 Å². The van der Waals surface area contributed by atoms with E-state index in [1.54, 1.807) is 0 Å². The highest BCUT2D eigenvalue weighted by atomic mass is 16.5. The fraction of sp³-hybridized carbons (Fsp3) is 0.471. The van der Waals surface area contributed by atoms with Gasteiger partial charge in [0.1, 0.15) is 18.2 Å². The molecule has 0 bridgehead atoms. The van der Waals surface area contributed by atoms with Crippen LogP contribution >= 0.6 is 0 Å². The largest absolute Gasteiger partial charge is 0.492 e. The number of benzene rings is 1. The highest BCUT2D eigenvalue weighted by Gasteiger charge is 2.05. The summed E-state index contributed by atoms with van der Waals surface area (Å²) in [6.07, 6.45) is 4.94. The Morgan fingerprint density at radius 1 is 1.38 bits per heavy atom. The number of nitrogens with one attached hydrogen (secondary N) is 1. The van der Waals surface area contributed by atoms with Crippen LogP contribution in [0.15, 0.2) is 36.7 Å². The van der Waals surface area contributed by atoms with Gasteiger partial charge < -0.3 is 14.6 Å². The van der Waals surface area contributed by atoms with Gasteiger partial charge in [-0.1, -0.05) is 19.1 Å². The third-order valence-corrected chi connectivity index (χ3v) is 3.58. The van der Waals surface area contributed by atoms with Crippen LogP contribution in [0.4, 0.5) is 0 Å². The molecule has 0 amide bonds. The zero-order chi connectivity index (χ0) is 15.1. The van der Waals surface area contributed by atoms with Gasteiger partial charge in [-0.25, -0.2) is 4.98 Å². The van der Waals surface area contributed by atoms with Crippen LogP contribution in [0.1, 0.15) is 37.7 Å². The van der Waals surface area contributed by atoms with Crippen molar-refractivity contribution >= 4 is 0 Å². The van der Waals surface area contributed by atoms with Crippen molar-refractivity contribution in [3.05, 3.63) is 48.0 Å². The van der Waals surface area contributed by atoms with Gasteiger partial charge in [0, 0.05) is 18.4 Å². The van der Waals surface area contributed by atoms with Gasteiger partial charge in [0.2, 0.25) is 0 Å². The molecule has 1 N–H and O–H groups in total. The van der Waals surface area contributed by atoms with Crippen LogP contribution in [0, 0.1) is 6.92 Å². The first-order valence-electron chi connectivity index (χ1n) is 7.64. The van der Waals surface area contributed by atoms with Crippen molar-refractivity contribution in [3.63, 3.8) is 0 Å². The summed E-state index contributed by atoms with van der Waals surface area (Å²) in [5.41, 5.74) is 1.26. The van der Waals surface area contributed by atoms with Crippen LogP contribution in [0.2, 0.25) is 0 Å². The Balaban J connectivity index is 1.87. The van der Waals surface area contributed by atoms with E-state index < -0.39 is 0 Å². The van der Waals surface area contributed by atoms with Crippen molar-refractivity contribution in [1.29, 1.82) is 0 Å². The first kappa shape index (κ1) is 15.6. The van der Waals surface area contributed by atoms with Gasteiger partial charge in [-0.05, 0) is 44.5 Å². The Kier molecular flexibility index (Phi) is 5.81. The molecule has 4 nitrogen and oxygen atoms in total. The molecule has 1 aromatic carbocycles. The summed E-state index contributed by atoms with van der Waals surface area (Å²) < 4.78 is 7.95. The lowest BCUT2D eigenvalue weighted by Gasteiger charge is -2.15. The summed E-state index contributed by atoms with van der Waals surface area (Å²) in [7, 11) is 0. The van der Waals surface area contributed by atoms with E-state index >= 15 is 0 Å². The maximum Gasteiger partial charge on any atom is 0.119 e. The minimum absolute atomic E-state index is 0.351. The summed E-state index contributed by atoms with van der Waals surface area (Å²) in [6, 6.07) is 8.67. The highest BCUT2D eigenvalue weighted by Crippen LogP contribution is 2.19. The molecule has 0 saturated heterocycles. The molecule has 0 spiro atoms. The molecular formula is C17H25N3O. The molecule has 21 heavy (non-hydrogen) atoms. The average molecular weight is 287 g/mol. The minimum Gasteiger partial charge on any atom is -0.492 e. The normalized spacial score (nSPS) is 12.3. The molecule has 2 aromatic rings. The van der Waals surface area contributed by atoms with E-state index in [2.05, 4.69) is 46.9 Å². The molecule has 1 heterocycles. The van der Waals surface area contributed by atoms with Crippen molar-refractivity contribution in [2.24, 2.45) is 0 Å². The number of aromatic nitrogens is 2. The number of nitrogens with zero attached hydrogens (tertiary/aromatic N) is 2. The zero-order valence-electron chi connectivity index (χ0n) is 13.2. The Morgan fingerprint density at radius 3 is 2.95 bits per heavy atom. The van der Waals surface area contributed by atoms with Crippen molar-refractivity contribution in [1.82, 2.24) is 14.9 Å². The predicted molar refractivity (Wildman–Crippen MR) is 85.6 cm³/mol. The molecule has 0 aliphatic heterocycles. The number of hydrogen-bond donors (Lipinski definition) is 1. The third kappa shape index (κ3) is 4.60. The highest BCUT2D eigenvalue weighted by molar-refractivity contribution is 5.30. The van der Waals surface area contributed by atoms with Gasteiger partial charge in [-0.15, -0.1) is 0 Å². The van der Waals surface area contributed by atoms with Crippen molar-refractivity contribution in [3.8, 4) is 5.75 Å². The molecule has 1 unspecified atom stereocenters. The van der Waals surface area contributed by atoms with E-state index in [9.17, 15) is 0 Å². The van der Waals surface area contributed by atoms with Gasteiger partial charge in [0.25, 0.3) is 0 Å². The number of rotatable bonds is 8. The lowest BCUT2D eigenvalue weighted by molar-refractivity contribution is 0.296. The number of hydrogen-bond acceptors (Lipinski definition) is 3. The van der Waals surface area contributed by atoms with Gasteiger partial charge in [-0.3, -0.25) is 0 Å². The molecule has 0 saturated carbocycles. The summed E-state index contributed by atoms with van der Waals surface area (Å²) in [5, 5.41) is 3.49. The standard InChI is InChI=1S/C17H25N3O/c1-4-8-18-14(2)16-6-5-7-17(13-16)21-12-11-20-10-9-19-15(20)3/h5-7,9-10,13-14,18H,4,8,11-12H2,1-3H3. The van der Waals surface area contributed by atoms with Crippen LogP contribution in [0.3, 0.4) is 0 Å². The second-order valence-corrected chi connectivity index (χ2v) is 5.26. The summed E-state index contributed by atoms with van der Waals surface area (Å²) in [5.74, 6) is 1.94. The third-order valence-electron chi connectivity index (χ3n) is 3.58. The molecule has 4 heteroatoms. The van der Waals surface area contributed by atoms with E-state index in [0.29, 0.717) is 12.6 Å². The average Bonchev–Trinajstić information content (AvgIpc) is 2.90. The lowest BCUT2D eigenvalue weighted by atomic mass is 10.1. The van der Waals surface area contributed by atoms with Gasteiger partial charge in [0.05, 0.1) is 6.54 Å². The van der Waals surface area contributed by atoms with Gasteiger partial charge >= 0.3 is 0 Å². The van der Waals surface area contributed by atoms with Gasteiger partial charge in [0.15, 0.2) is 0 Å². The molecule has 2 rings (SSSR count). The van der Waals surface area contributed by atoms with Crippen LogP contribution in [-0.2, 0) is 6.54 Å². The Bertz CT molecular complexity index is 550. The molecule has 1 atom stereocenters. The Labute approximate surface area is 127 Å². The molecule has 0 radical (unpaired) electrons. The van der Waals surface area contributed by atoms with E-state index in [0.717, 1.165) is 31.1 Å². The topological polar surface area (TPSA) is 39.1 Å². The molecular weight excluding hydrogens is 262 g/mol. The summed E-state index contributed by atoms with van der Waals surface area (Å²) in [6.45, 7) is 8.87. The molecule has 0 aliphatic carbocycles. The van der Waals surface area contributed by atoms with E-state index in [4.69, 9.17) is 4.74 Å². The van der Waals surface area contributed by atoms with Crippen molar-refractivity contribution in [2.75, 3.05) is 13.2 Å². The van der Waals surface area contributed by atoms with E-state index in [1.165, 1.54) is 5.56 Å². The Morgan fingerprint density at radius 2 is 2.24 bits per heavy atom. The van der Waals surface area contributed by atoms with Crippen LogP contribution < -0.4 is 10.1 Å². The van der Waals surface area contributed by atoms with Crippen LogP contribution in [0.5, 0.6) is 5.75 Å². The van der Waals surface area contributed by atoms with Crippen LogP contribution in [0.25, 0.3) is 0 Å². The Hall–Kier alpha value is -1.81. The summed E-state index contributed by atoms with van der Waals surface area (Å²) in [4.78, 5) is 4.21. The smallest absolute Gasteiger partial charge is 0.119 e. The minimum atomic E-state index is 0.351. The SMILES string of the molecule is CCCNC(C)c1cccc(OCCn2ccnc2C)c1. The lowest BCUT2D eigenvalue weighted by Crippen LogP contribution is -2.19. The zero-order valence-corrected chi connectivity index (χ0v) is 13.2. The van der Waals surface area contributed by atoms with E-state index in [1.807, 2.05) is 25.4 Å². The molecule has 0 fully saturated rings. The number of imidazole rings is 1. The molecule has 1 aromatic heterocycles. The van der Waals surface area contributed by atoms with Crippen LogP contribution in [-0.4, -0.2) is 22.7 Å². The maximum absolute atomic E-state index is 5.85. The predicted octanol–water partition coefficient (Wildman–Crippen LogP) is 3.33. The molecule has 114 valence electrons. The number of ether oxygens (including phenoxy) is 1. The van der Waals surface area contributed by atoms with Gasteiger partial charge in [-0.2, -0.15) is 0 Å². The fourth-order valence-electron chi connectivity index (χ4n) is 2.25. The second-order valence-electron chi connectivity index (χ2n) is 5.26. The molecule has 0 aliphatic rings. The maximum atomic E-state index is 5.85. The quantitative estimate of drug-likeness (QED) is 0.809. The fourth-order valence-corrected chi connectivity index (χ4v) is 2.25. The summed E-state index contributed by atoms with van der Waals surface area (Å²) >= 11 is 0. The van der Waals surface area contributed by atoms with Crippen molar-refractivity contribution in [2.45, 2.75) is 39.8 Å². The number of aryl methyl sites for hydroxylation is 1. The monoisotopic (exact) mass is 287 g/mol. The second kappa shape index (κ2) is 7.84.